The maximum Gasteiger partial charge on any atom is 0.243 e. The van der Waals surface area contributed by atoms with E-state index in [0.717, 1.165) is 17.4 Å². The summed E-state index contributed by atoms with van der Waals surface area (Å²) in [6.07, 6.45) is 1.76. The quantitative estimate of drug-likeness (QED) is 0.220. The zero-order chi connectivity index (χ0) is 31.4. The highest BCUT2D eigenvalue weighted by Gasteiger charge is 2.31. The summed E-state index contributed by atoms with van der Waals surface area (Å²) in [6.45, 7) is 7.11. The van der Waals surface area contributed by atoms with Crippen LogP contribution in [0.1, 0.15) is 44.7 Å². The Morgan fingerprint density at radius 3 is 2.21 bits per heavy atom. The van der Waals surface area contributed by atoms with Gasteiger partial charge in [0.1, 0.15) is 11.8 Å². The molecule has 0 fully saturated rings. The van der Waals surface area contributed by atoms with Gasteiger partial charge in [-0.2, -0.15) is 0 Å². The molecule has 0 aliphatic carbocycles. The molecule has 0 spiro atoms. The molecule has 0 heterocycles. The maximum absolute atomic E-state index is 13.9. The average Bonchev–Trinajstić information content (AvgIpc) is 2.97. The molecule has 232 valence electrons. The Bertz CT molecular complexity index is 1430. The first kappa shape index (κ1) is 33.9. The van der Waals surface area contributed by atoms with Crippen molar-refractivity contribution in [2.24, 2.45) is 5.92 Å². The highest BCUT2D eigenvalue weighted by molar-refractivity contribution is 7.92. The molecular formula is C33H42ClN3O5S. The number of carbonyl (C=O) groups excluding carboxylic acids is 2. The van der Waals surface area contributed by atoms with E-state index in [0.29, 0.717) is 36.0 Å². The molecule has 8 nitrogen and oxygen atoms in total. The van der Waals surface area contributed by atoms with E-state index in [1.165, 1.54) is 4.31 Å². The number of anilines is 1. The highest BCUT2D eigenvalue weighted by atomic mass is 35.5. The Morgan fingerprint density at radius 2 is 1.60 bits per heavy atom. The number of carbonyl (C=O) groups is 2. The van der Waals surface area contributed by atoms with Crippen LogP contribution in [-0.2, 0) is 32.6 Å². The van der Waals surface area contributed by atoms with Gasteiger partial charge in [-0.15, -0.1) is 0 Å². The minimum Gasteiger partial charge on any atom is -0.494 e. The smallest absolute Gasteiger partial charge is 0.243 e. The van der Waals surface area contributed by atoms with Crippen molar-refractivity contribution in [2.45, 2.75) is 52.6 Å². The second-order valence-electron chi connectivity index (χ2n) is 10.8. The number of halogens is 1. The summed E-state index contributed by atoms with van der Waals surface area (Å²) in [7, 11) is -3.62. The fourth-order valence-corrected chi connectivity index (χ4v) is 5.83. The van der Waals surface area contributed by atoms with Gasteiger partial charge in [0, 0.05) is 37.5 Å². The average molecular weight is 628 g/mol. The standard InChI is InChI=1S/C33H42ClN3O5S/c1-5-42-29-19-17-28(18-20-29)37(43(4,40)41)21-11-16-32(38)36(24-27-14-9-10-15-30(27)34)31(33(39)35-23-25(2)3)22-26-12-7-6-8-13-26/h6-10,12-15,17-20,25,31H,5,11,16,21-24H2,1-4H3,(H,35,39)/t31-/m1/s1. The predicted octanol–water partition coefficient (Wildman–Crippen LogP) is 5.70. The van der Waals surface area contributed by atoms with Crippen molar-refractivity contribution in [3.05, 3.63) is 95.0 Å². The molecule has 43 heavy (non-hydrogen) atoms. The van der Waals surface area contributed by atoms with Crippen LogP contribution in [0.15, 0.2) is 78.9 Å². The molecule has 2 amide bonds. The molecule has 0 aliphatic rings. The van der Waals surface area contributed by atoms with Crippen LogP contribution in [0, 0.1) is 5.92 Å². The minimum absolute atomic E-state index is 0.0379. The van der Waals surface area contributed by atoms with E-state index >= 15 is 0 Å². The largest absolute Gasteiger partial charge is 0.494 e. The molecule has 3 aromatic carbocycles. The number of benzene rings is 3. The number of ether oxygens (including phenoxy) is 1. The van der Waals surface area contributed by atoms with E-state index in [1.54, 1.807) is 35.2 Å². The van der Waals surface area contributed by atoms with Crippen LogP contribution >= 0.6 is 11.6 Å². The summed E-state index contributed by atoms with van der Waals surface area (Å²) in [6, 6.07) is 22.8. The molecule has 0 radical (unpaired) electrons. The molecule has 3 rings (SSSR count). The summed E-state index contributed by atoms with van der Waals surface area (Å²) in [4.78, 5) is 29.1. The maximum atomic E-state index is 13.9. The van der Waals surface area contributed by atoms with Crippen LogP contribution in [0.25, 0.3) is 0 Å². The lowest BCUT2D eigenvalue weighted by molar-refractivity contribution is -0.141. The highest BCUT2D eigenvalue weighted by Crippen LogP contribution is 2.24. The lowest BCUT2D eigenvalue weighted by Gasteiger charge is -2.32. The van der Waals surface area contributed by atoms with Gasteiger partial charge in [0.15, 0.2) is 0 Å². The Morgan fingerprint density at radius 1 is 0.953 bits per heavy atom. The van der Waals surface area contributed by atoms with Crippen LogP contribution in [0.3, 0.4) is 0 Å². The number of nitrogens with zero attached hydrogens (tertiary/aromatic N) is 2. The molecule has 0 bridgehead atoms. The van der Waals surface area contributed by atoms with Crippen molar-refractivity contribution in [3.8, 4) is 5.75 Å². The number of rotatable bonds is 16. The first-order valence-corrected chi connectivity index (χ1v) is 16.8. The fourth-order valence-electron chi connectivity index (χ4n) is 4.67. The van der Waals surface area contributed by atoms with Crippen LogP contribution in [0.2, 0.25) is 5.02 Å². The van der Waals surface area contributed by atoms with Crippen molar-refractivity contribution >= 4 is 39.1 Å². The summed E-state index contributed by atoms with van der Waals surface area (Å²) < 4.78 is 32.1. The van der Waals surface area contributed by atoms with Gasteiger partial charge in [0.25, 0.3) is 0 Å². The molecule has 1 atom stereocenters. The fraction of sp³-hybridized carbons (Fsp3) is 0.394. The number of sulfonamides is 1. The number of hydrogen-bond acceptors (Lipinski definition) is 5. The van der Waals surface area contributed by atoms with Crippen molar-refractivity contribution in [2.75, 3.05) is 30.3 Å². The Labute approximate surface area is 261 Å². The molecule has 0 unspecified atom stereocenters. The molecule has 1 N–H and O–H groups in total. The monoisotopic (exact) mass is 627 g/mol. The third kappa shape index (κ3) is 10.6. The summed E-state index contributed by atoms with van der Waals surface area (Å²) >= 11 is 6.49. The normalized spacial score (nSPS) is 12.0. The predicted molar refractivity (Wildman–Crippen MR) is 173 cm³/mol. The van der Waals surface area contributed by atoms with Crippen molar-refractivity contribution in [1.29, 1.82) is 0 Å². The van der Waals surface area contributed by atoms with Gasteiger partial charge in [-0.3, -0.25) is 13.9 Å². The topological polar surface area (TPSA) is 96.0 Å². The van der Waals surface area contributed by atoms with Crippen molar-refractivity contribution in [3.63, 3.8) is 0 Å². The third-order valence-corrected chi connectivity index (χ3v) is 8.40. The van der Waals surface area contributed by atoms with Crippen molar-refractivity contribution < 1.29 is 22.7 Å². The van der Waals surface area contributed by atoms with Gasteiger partial charge in [0.05, 0.1) is 18.6 Å². The SMILES string of the molecule is CCOc1ccc(N(CCCC(=O)N(Cc2ccccc2Cl)[C@H](Cc2ccccc2)C(=O)NCC(C)C)S(C)(=O)=O)cc1. The van der Waals surface area contributed by atoms with Crippen LogP contribution in [-0.4, -0.2) is 57.1 Å². The molecule has 0 aliphatic heterocycles. The van der Waals surface area contributed by atoms with Gasteiger partial charge in [-0.25, -0.2) is 8.42 Å². The third-order valence-electron chi connectivity index (χ3n) is 6.84. The van der Waals surface area contributed by atoms with Crippen LogP contribution < -0.4 is 14.4 Å². The second-order valence-corrected chi connectivity index (χ2v) is 13.1. The number of amides is 2. The summed E-state index contributed by atoms with van der Waals surface area (Å²) in [5.74, 6) is 0.370. The Balaban J connectivity index is 1.87. The van der Waals surface area contributed by atoms with Gasteiger partial charge >= 0.3 is 0 Å². The van der Waals surface area contributed by atoms with Gasteiger partial charge in [0.2, 0.25) is 21.8 Å². The number of hydrogen-bond donors (Lipinski definition) is 1. The van der Waals surface area contributed by atoms with Crippen LogP contribution in [0.4, 0.5) is 5.69 Å². The first-order valence-electron chi connectivity index (χ1n) is 14.5. The van der Waals surface area contributed by atoms with E-state index in [9.17, 15) is 18.0 Å². The minimum atomic E-state index is -3.62. The molecule has 10 heteroatoms. The van der Waals surface area contributed by atoms with Crippen LogP contribution in [0.5, 0.6) is 5.75 Å². The first-order chi connectivity index (χ1) is 20.5. The van der Waals surface area contributed by atoms with E-state index < -0.39 is 16.1 Å². The Kier molecular flexibility index (Phi) is 12.9. The summed E-state index contributed by atoms with van der Waals surface area (Å²) in [5.41, 5.74) is 2.13. The lowest BCUT2D eigenvalue weighted by atomic mass is 10.0. The molecule has 0 aromatic heterocycles. The summed E-state index contributed by atoms with van der Waals surface area (Å²) in [5, 5.41) is 3.50. The van der Waals surface area contributed by atoms with E-state index in [2.05, 4.69) is 5.32 Å². The second kappa shape index (κ2) is 16.3. The molecule has 0 saturated carbocycles. The van der Waals surface area contributed by atoms with E-state index in [4.69, 9.17) is 16.3 Å². The Hall–Kier alpha value is -3.56. The zero-order valence-electron chi connectivity index (χ0n) is 25.3. The molecule has 0 saturated heterocycles. The van der Waals surface area contributed by atoms with Crippen molar-refractivity contribution in [1.82, 2.24) is 10.2 Å². The lowest BCUT2D eigenvalue weighted by Crippen LogP contribution is -2.51. The van der Waals surface area contributed by atoms with E-state index in [1.807, 2.05) is 69.3 Å². The zero-order valence-corrected chi connectivity index (χ0v) is 26.9. The molecular weight excluding hydrogens is 586 g/mol. The van der Waals surface area contributed by atoms with Gasteiger partial charge in [-0.05, 0) is 60.7 Å². The van der Waals surface area contributed by atoms with Gasteiger partial charge in [-0.1, -0.05) is 74.0 Å². The van der Waals surface area contributed by atoms with Gasteiger partial charge < -0.3 is 15.0 Å². The van der Waals surface area contributed by atoms with E-state index in [-0.39, 0.29) is 43.7 Å². The number of nitrogens with one attached hydrogen (secondary N) is 1. The molecule has 3 aromatic rings.